The zero-order chi connectivity index (χ0) is 24.4. The first-order valence-corrected chi connectivity index (χ1v) is 11.5. The topological polar surface area (TPSA) is 231 Å². The van der Waals surface area contributed by atoms with Gasteiger partial charge in [0, 0.05) is 24.3 Å². The number of nitrogens with one attached hydrogen (secondary N) is 3. The number of nitrogens with zero attached hydrogens (tertiary/aromatic N) is 1. The average Bonchev–Trinajstić information content (AvgIpc) is 2.75. The second kappa shape index (κ2) is 9.17. The molecule has 0 radical (unpaired) electrons. The number of carbonyl (C=O) groups excluding carboxylic acids is 1. The van der Waals surface area contributed by atoms with E-state index < -0.39 is 39.6 Å². The molecule has 1 aliphatic rings. The number of anilines is 3. The van der Waals surface area contributed by atoms with Crippen molar-refractivity contribution in [2.45, 2.75) is 18.4 Å². The molecule has 0 saturated heterocycles. The molecule has 3 rings (SSSR count). The zero-order valence-electron chi connectivity index (χ0n) is 17.4. The van der Waals surface area contributed by atoms with E-state index in [9.17, 15) is 27.9 Å². The second-order valence-electron chi connectivity index (χ2n) is 7.83. The Hall–Kier alpha value is -3.49. The van der Waals surface area contributed by atoms with Gasteiger partial charge in [-0.15, -0.1) is 0 Å². The molecule has 2 aromatic rings. The summed E-state index contributed by atoms with van der Waals surface area (Å²) in [5.41, 5.74) is 9.56. The Labute approximate surface area is 188 Å². The van der Waals surface area contributed by atoms with E-state index in [4.69, 9.17) is 16.0 Å². The third-order valence-electron chi connectivity index (χ3n) is 5.37. The van der Waals surface area contributed by atoms with Gasteiger partial charge in [-0.25, -0.2) is 4.79 Å². The van der Waals surface area contributed by atoms with Crippen LogP contribution in [0.4, 0.5) is 17.5 Å². The predicted octanol–water partition coefficient (Wildman–Crippen LogP) is -0.709. The minimum atomic E-state index is -4.50. The first kappa shape index (κ1) is 24.2. The molecular formula is C19H24N6O7S. The number of aliphatic carboxylic acids is 1. The number of carbonyl (C=O) groups is 2. The van der Waals surface area contributed by atoms with Crippen molar-refractivity contribution >= 4 is 39.3 Å². The van der Waals surface area contributed by atoms with Crippen LogP contribution in [0.15, 0.2) is 29.1 Å². The smallest absolute Gasteiger partial charge is 0.331 e. The lowest BCUT2D eigenvalue weighted by atomic mass is 9.87. The summed E-state index contributed by atoms with van der Waals surface area (Å²) in [5.74, 6) is -3.08. The number of rotatable bonds is 9. The number of H-pyrrole nitrogens is 1. The average molecular weight is 481 g/mol. The SMILES string of the molecule is Nc1nc2c(c(=O)[nH]1)CC(CNc1ccc(C(=O)[C@](N)(CCS(=O)(=O)O)C(=O)O)cc1)CN2. The van der Waals surface area contributed by atoms with Crippen LogP contribution in [0.5, 0.6) is 0 Å². The minimum absolute atomic E-state index is 0.0238. The standard InChI is InChI=1S/C19H24N6O7S/c20-18-24-15-13(16(27)25-18)7-10(9-23-15)8-22-12-3-1-11(2-4-12)14(26)19(21,17(28)29)5-6-33(30,31)32/h1-4,10,22H,5-9,21H2,(H,28,29)(H,30,31,32)(H4,20,23,24,25,27)/t10?,19-/m1/s1. The Bertz CT molecular complexity index is 1230. The van der Waals surface area contributed by atoms with Gasteiger partial charge in [-0.3, -0.25) is 19.1 Å². The van der Waals surface area contributed by atoms with Gasteiger partial charge in [0.05, 0.1) is 11.3 Å². The van der Waals surface area contributed by atoms with Gasteiger partial charge in [0.15, 0.2) is 11.3 Å². The predicted molar refractivity (Wildman–Crippen MR) is 120 cm³/mol. The Morgan fingerprint density at radius 1 is 1.27 bits per heavy atom. The van der Waals surface area contributed by atoms with E-state index in [0.29, 0.717) is 36.6 Å². The molecule has 13 nitrogen and oxygen atoms in total. The van der Waals surface area contributed by atoms with Crippen molar-refractivity contribution in [1.82, 2.24) is 9.97 Å². The third kappa shape index (κ3) is 5.66. The highest BCUT2D eigenvalue weighted by atomic mass is 32.2. The van der Waals surface area contributed by atoms with Gasteiger partial charge >= 0.3 is 5.97 Å². The number of benzene rings is 1. The molecule has 33 heavy (non-hydrogen) atoms. The number of carboxylic acids is 1. The summed E-state index contributed by atoms with van der Waals surface area (Å²) >= 11 is 0. The van der Waals surface area contributed by atoms with Crippen LogP contribution in [0.25, 0.3) is 0 Å². The second-order valence-corrected chi connectivity index (χ2v) is 9.40. The molecule has 14 heteroatoms. The molecule has 0 saturated carbocycles. The molecule has 1 aliphatic heterocycles. The van der Waals surface area contributed by atoms with Crippen molar-refractivity contribution in [2.75, 3.05) is 35.2 Å². The van der Waals surface area contributed by atoms with Crippen LogP contribution in [0.1, 0.15) is 22.3 Å². The lowest BCUT2D eigenvalue weighted by molar-refractivity contribution is -0.141. The number of Topliss-reactive ketones (excluding diaryl/α,β-unsaturated/α-hetero) is 1. The van der Waals surface area contributed by atoms with Gasteiger partial charge in [-0.2, -0.15) is 13.4 Å². The molecule has 0 fully saturated rings. The van der Waals surface area contributed by atoms with Gasteiger partial charge in [0.2, 0.25) is 5.95 Å². The van der Waals surface area contributed by atoms with Crippen LogP contribution >= 0.6 is 0 Å². The van der Waals surface area contributed by atoms with Crippen molar-refractivity contribution in [1.29, 1.82) is 0 Å². The molecule has 2 atom stereocenters. The van der Waals surface area contributed by atoms with Crippen LogP contribution in [0, 0.1) is 5.92 Å². The molecule has 0 spiro atoms. The summed E-state index contributed by atoms with van der Waals surface area (Å²) in [6.45, 7) is 1.06. The monoisotopic (exact) mass is 480 g/mol. The van der Waals surface area contributed by atoms with E-state index in [-0.39, 0.29) is 23.0 Å². The number of aromatic nitrogens is 2. The molecule has 2 heterocycles. The molecule has 178 valence electrons. The molecular weight excluding hydrogens is 456 g/mol. The van der Waals surface area contributed by atoms with E-state index in [1.54, 1.807) is 12.1 Å². The van der Waals surface area contributed by atoms with Crippen molar-refractivity contribution in [2.24, 2.45) is 11.7 Å². The summed E-state index contributed by atoms with van der Waals surface area (Å²) in [7, 11) is -4.50. The third-order valence-corrected chi connectivity index (χ3v) is 6.09. The van der Waals surface area contributed by atoms with E-state index in [1.165, 1.54) is 12.1 Å². The first-order chi connectivity index (χ1) is 15.4. The number of nitrogens with two attached hydrogens (primary N) is 2. The quantitative estimate of drug-likeness (QED) is 0.134. The maximum Gasteiger partial charge on any atom is 0.331 e. The van der Waals surface area contributed by atoms with Crippen LogP contribution < -0.4 is 27.7 Å². The number of carboxylic acid groups (broad SMARTS) is 1. The van der Waals surface area contributed by atoms with Crippen LogP contribution in [-0.2, 0) is 21.3 Å². The summed E-state index contributed by atoms with van der Waals surface area (Å²) < 4.78 is 30.8. The normalized spacial score (nSPS) is 17.3. The molecule has 1 aromatic carbocycles. The van der Waals surface area contributed by atoms with Gasteiger partial charge in [0.25, 0.3) is 15.7 Å². The number of hydrogen-bond acceptors (Lipinski definition) is 10. The Kier molecular flexibility index (Phi) is 6.71. The fourth-order valence-electron chi connectivity index (χ4n) is 3.46. The van der Waals surface area contributed by atoms with Crippen molar-refractivity contribution < 1.29 is 27.7 Å². The molecule has 0 amide bonds. The molecule has 1 aromatic heterocycles. The summed E-state index contributed by atoms with van der Waals surface area (Å²) in [6, 6.07) is 5.85. The Balaban J connectivity index is 1.64. The Morgan fingerprint density at radius 3 is 2.55 bits per heavy atom. The fourth-order valence-corrected chi connectivity index (χ4v) is 4.04. The number of ketones is 1. The fraction of sp³-hybridized carbons (Fsp3) is 0.368. The highest BCUT2D eigenvalue weighted by molar-refractivity contribution is 7.85. The molecule has 0 bridgehead atoms. The molecule has 9 N–H and O–H groups in total. The number of aromatic amines is 1. The Morgan fingerprint density at radius 2 is 1.94 bits per heavy atom. The van der Waals surface area contributed by atoms with Crippen LogP contribution in [-0.4, -0.2) is 64.2 Å². The lowest BCUT2D eigenvalue weighted by Crippen LogP contribution is -2.55. The molecule has 0 aliphatic carbocycles. The summed E-state index contributed by atoms with van der Waals surface area (Å²) in [4.78, 5) is 42.8. The number of fused-ring (bicyclic) bond motifs is 1. The summed E-state index contributed by atoms with van der Waals surface area (Å²) in [6.07, 6.45) is -0.299. The van der Waals surface area contributed by atoms with Gasteiger partial charge in [0.1, 0.15) is 5.82 Å². The maximum absolute atomic E-state index is 12.7. The number of hydrogen-bond donors (Lipinski definition) is 7. The highest BCUT2D eigenvalue weighted by Gasteiger charge is 2.43. The van der Waals surface area contributed by atoms with Crippen molar-refractivity contribution in [3.63, 3.8) is 0 Å². The molecule has 1 unspecified atom stereocenters. The van der Waals surface area contributed by atoms with Gasteiger partial charge < -0.3 is 27.2 Å². The minimum Gasteiger partial charge on any atom is -0.480 e. The maximum atomic E-state index is 12.7. The number of nitrogen functional groups attached to an aromatic ring is 1. The zero-order valence-corrected chi connectivity index (χ0v) is 18.2. The van der Waals surface area contributed by atoms with E-state index in [0.717, 1.165) is 0 Å². The van der Waals surface area contributed by atoms with E-state index in [2.05, 4.69) is 20.6 Å². The van der Waals surface area contributed by atoms with Gasteiger partial charge in [-0.05, 0) is 43.0 Å². The highest BCUT2D eigenvalue weighted by Crippen LogP contribution is 2.22. The van der Waals surface area contributed by atoms with Crippen LogP contribution in [0.2, 0.25) is 0 Å². The van der Waals surface area contributed by atoms with Crippen molar-refractivity contribution in [3.8, 4) is 0 Å². The lowest BCUT2D eigenvalue weighted by Gasteiger charge is -2.25. The summed E-state index contributed by atoms with van der Waals surface area (Å²) in [5, 5.41) is 15.6. The van der Waals surface area contributed by atoms with Crippen LogP contribution in [0.3, 0.4) is 0 Å². The van der Waals surface area contributed by atoms with E-state index in [1.807, 2.05) is 0 Å². The van der Waals surface area contributed by atoms with E-state index >= 15 is 0 Å². The van der Waals surface area contributed by atoms with Crippen molar-refractivity contribution in [3.05, 3.63) is 45.7 Å². The first-order valence-electron chi connectivity index (χ1n) is 9.88. The largest absolute Gasteiger partial charge is 0.480 e. The van der Waals surface area contributed by atoms with Gasteiger partial charge in [-0.1, -0.05) is 0 Å².